The van der Waals surface area contributed by atoms with Crippen molar-refractivity contribution in [1.29, 1.82) is 0 Å². The molecule has 0 amide bonds. The zero-order valence-electron chi connectivity index (χ0n) is 15.5. The van der Waals surface area contributed by atoms with E-state index in [9.17, 15) is 9.36 Å². The van der Waals surface area contributed by atoms with E-state index in [1.807, 2.05) is 27.7 Å². The Labute approximate surface area is 140 Å². The Bertz CT molecular complexity index is 448. The van der Waals surface area contributed by atoms with Crippen LogP contribution >= 0.6 is 7.60 Å². The summed E-state index contributed by atoms with van der Waals surface area (Å²) in [6.07, 6.45) is 1.88. The van der Waals surface area contributed by atoms with Gasteiger partial charge in [0.25, 0.3) is 0 Å². The maximum Gasteiger partial charge on any atom is 0.350 e. The maximum absolute atomic E-state index is 13.3. The summed E-state index contributed by atoms with van der Waals surface area (Å²) in [4.78, 5) is 12.3. The van der Waals surface area contributed by atoms with E-state index in [4.69, 9.17) is 13.8 Å². The second-order valence-electron chi connectivity index (χ2n) is 7.15. The molecule has 136 valence electrons. The molecular formula is C16H32NO5P. The zero-order chi connectivity index (χ0) is 17.9. The number of ether oxygens (including phenoxy) is 1. The van der Waals surface area contributed by atoms with Crippen LogP contribution in [-0.4, -0.2) is 36.1 Å². The molecule has 6 nitrogen and oxygen atoms in total. The van der Waals surface area contributed by atoms with Crippen molar-refractivity contribution in [2.24, 2.45) is 5.92 Å². The van der Waals surface area contributed by atoms with E-state index in [1.165, 1.54) is 0 Å². The third-order valence-electron chi connectivity index (χ3n) is 3.81. The van der Waals surface area contributed by atoms with E-state index in [1.54, 1.807) is 20.8 Å². The molecule has 0 aromatic heterocycles. The molecule has 2 atom stereocenters. The van der Waals surface area contributed by atoms with Crippen LogP contribution in [0.5, 0.6) is 0 Å². The number of carbonyl (C=O) groups is 1. The van der Waals surface area contributed by atoms with Crippen LogP contribution in [-0.2, 0) is 23.1 Å². The summed E-state index contributed by atoms with van der Waals surface area (Å²) in [6.45, 7) is 13.2. The first-order valence-electron chi connectivity index (χ1n) is 8.39. The second kappa shape index (κ2) is 7.64. The summed E-state index contributed by atoms with van der Waals surface area (Å²) in [5.74, 6) is -0.208. The van der Waals surface area contributed by atoms with Gasteiger partial charge in [-0.05, 0) is 67.2 Å². The van der Waals surface area contributed by atoms with Gasteiger partial charge >= 0.3 is 13.6 Å². The number of hydrogen-bond donors (Lipinski definition) is 1. The molecule has 1 rings (SSSR count). The van der Waals surface area contributed by atoms with Gasteiger partial charge in [0, 0.05) is 0 Å². The van der Waals surface area contributed by atoms with Gasteiger partial charge in [-0.2, -0.15) is 0 Å². The van der Waals surface area contributed by atoms with Crippen molar-refractivity contribution in [2.75, 3.05) is 13.2 Å². The Balaban J connectivity index is 2.96. The van der Waals surface area contributed by atoms with Crippen molar-refractivity contribution in [3.05, 3.63) is 0 Å². The quantitative estimate of drug-likeness (QED) is 0.505. The lowest BCUT2D eigenvalue weighted by molar-refractivity contribution is -0.157. The topological polar surface area (TPSA) is 73.9 Å². The van der Waals surface area contributed by atoms with Crippen LogP contribution in [0.15, 0.2) is 0 Å². The molecule has 0 heterocycles. The number of rotatable bonds is 9. The van der Waals surface area contributed by atoms with Crippen LogP contribution in [0, 0.1) is 5.92 Å². The average Bonchev–Trinajstić information content (AvgIpc) is 3.21. The Kier molecular flexibility index (Phi) is 6.85. The van der Waals surface area contributed by atoms with E-state index in [-0.39, 0.29) is 11.9 Å². The smallest absolute Gasteiger partial charge is 0.350 e. The normalized spacial score (nSPS) is 20.0. The number of carbonyl (C=O) groups excluding carboxylic acids is 1. The lowest BCUT2D eigenvalue weighted by Crippen LogP contribution is -2.53. The van der Waals surface area contributed by atoms with Crippen LogP contribution in [0.2, 0.25) is 0 Å². The molecule has 0 spiro atoms. The van der Waals surface area contributed by atoms with Crippen molar-refractivity contribution in [3.8, 4) is 0 Å². The summed E-state index contributed by atoms with van der Waals surface area (Å²) in [6, 6.07) is -0.603. The molecule has 23 heavy (non-hydrogen) atoms. The van der Waals surface area contributed by atoms with Gasteiger partial charge in [-0.3, -0.25) is 14.7 Å². The third-order valence-corrected chi connectivity index (χ3v) is 6.64. The molecule has 0 aromatic rings. The molecule has 0 saturated heterocycles. The molecule has 0 radical (unpaired) electrons. The molecule has 1 N–H and O–H groups in total. The number of nitrogens with one attached hydrogen (secondary N) is 1. The Morgan fingerprint density at radius 3 is 2.00 bits per heavy atom. The summed E-state index contributed by atoms with van der Waals surface area (Å²) in [7, 11) is -3.40. The molecule has 0 aliphatic heterocycles. The minimum absolute atomic E-state index is 0.163. The largest absolute Gasteiger partial charge is 0.459 e. The minimum Gasteiger partial charge on any atom is -0.459 e. The summed E-state index contributed by atoms with van der Waals surface area (Å²) < 4.78 is 29.8. The van der Waals surface area contributed by atoms with Crippen LogP contribution in [0.4, 0.5) is 0 Å². The fourth-order valence-electron chi connectivity index (χ4n) is 2.60. The first-order valence-corrected chi connectivity index (χ1v) is 9.93. The molecule has 1 fully saturated rings. The zero-order valence-corrected chi connectivity index (χ0v) is 16.4. The second-order valence-corrected chi connectivity index (χ2v) is 9.59. The minimum atomic E-state index is -3.40. The van der Waals surface area contributed by atoms with Crippen molar-refractivity contribution in [3.63, 3.8) is 0 Å². The Hall–Kier alpha value is -0.420. The van der Waals surface area contributed by atoms with Gasteiger partial charge in [0.1, 0.15) is 16.9 Å². The highest BCUT2D eigenvalue weighted by Gasteiger charge is 2.57. The van der Waals surface area contributed by atoms with Gasteiger partial charge < -0.3 is 13.8 Å². The van der Waals surface area contributed by atoms with Crippen molar-refractivity contribution < 1.29 is 23.1 Å². The van der Waals surface area contributed by atoms with Gasteiger partial charge in [-0.1, -0.05) is 0 Å². The van der Waals surface area contributed by atoms with E-state index in [2.05, 4.69) is 5.32 Å². The lowest BCUT2D eigenvalue weighted by Gasteiger charge is -2.39. The molecule has 1 aliphatic carbocycles. The number of hydrogen-bond acceptors (Lipinski definition) is 6. The van der Waals surface area contributed by atoms with Crippen molar-refractivity contribution in [1.82, 2.24) is 5.32 Å². The summed E-state index contributed by atoms with van der Waals surface area (Å²) >= 11 is 0. The average molecular weight is 349 g/mol. The molecule has 1 aliphatic rings. The first-order chi connectivity index (χ1) is 10.5. The SMILES string of the molecule is CCOP(=O)(OCC)C(C)(NC(C)C(=O)OC(C)(C)C)C1CC1. The van der Waals surface area contributed by atoms with Crippen molar-refractivity contribution in [2.45, 2.75) is 78.2 Å². The predicted molar refractivity (Wildman–Crippen MR) is 90.4 cm³/mol. The highest BCUT2D eigenvalue weighted by molar-refractivity contribution is 7.55. The van der Waals surface area contributed by atoms with Crippen LogP contribution < -0.4 is 5.32 Å². The van der Waals surface area contributed by atoms with E-state index in [0.29, 0.717) is 13.2 Å². The first kappa shape index (κ1) is 20.6. The van der Waals surface area contributed by atoms with E-state index >= 15 is 0 Å². The monoisotopic (exact) mass is 349 g/mol. The van der Waals surface area contributed by atoms with Gasteiger partial charge in [-0.15, -0.1) is 0 Å². The highest BCUT2D eigenvalue weighted by atomic mass is 31.2. The lowest BCUT2D eigenvalue weighted by atomic mass is 10.1. The fraction of sp³-hybridized carbons (Fsp3) is 0.938. The molecule has 2 unspecified atom stereocenters. The number of esters is 1. The summed E-state index contributed by atoms with van der Waals surface area (Å²) in [5, 5.41) is 2.31. The van der Waals surface area contributed by atoms with Crippen molar-refractivity contribution >= 4 is 13.6 Å². The molecular weight excluding hydrogens is 317 g/mol. The van der Waals surface area contributed by atoms with Crippen LogP contribution in [0.25, 0.3) is 0 Å². The standard InChI is InChI=1S/C16H32NO5P/c1-8-20-23(19,21-9-2)16(7,13-10-11-13)17-12(3)14(18)22-15(4,5)6/h12-13,17H,8-11H2,1-7H3. The molecule has 0 bridgehead atoms. The third kappa shape index (κ3) is 5.28. The highest BCUT2D eigenvalue weighted by Crippen LogP contribution is 2.66. The molecule has 0 aromatic carbocycles. The fourth-order valence-corrected chi connectivity index (χ4v) is 4.95. The predicted octanol–water partition coefficient (Wildman–Crippen LogP) is 3.70. The molecule has 7 heteroatoms. The van der Waals surface area contributed by atoms with Gasteiger partial charge in [0.05, 0.1) is 13.2 Å². The Morgan fingerprint density at radius 2 is 1.65 bits per heavy atom. The van der Waals surface area contributed by atoms with E-state index < -0.39 is 24.5 Å². The van der Waals surface area contributed by atoms with E-state index in [0.717, 1.165) is 12.8 Å². The molecule has 1 saturated carbocycles. The van der Waals surface area contributed by atoms with Crippen LogP contribution in [0.1, 0.15) is 61.3 Å². The van der Waals surface area contributed by atoms with Gasteiger partial charge in [-0.25, -0.2) is 0 Å². The maximum atomic E-state index is 13.3. The van der Waals surface area contributed by atoms with Crippen LogP contribution in [0.3, 0.4) is 0 Å². The van der Waals surface area contributed by atoms with Gasteiger partial charge in [0.2, 0.25) is 0 Å². The summed E-state index contributed by atoms with van der Waals surface area (Å²) in [5.41, 5.74) is -0.563. The van der Waals surface area contributed by atoms with Gasteiger partial charge in [0.15, 0.2) is 0 Å². The Morgan fingerprint density at radius 1 is 1.17 bits per heavy atom.